The van der Waals surface area contributed by atoms with Gasteiger partial charge < -0.3 is 9.30 Å². The van der Waals surface area contributed by atoms with E-state index in [4.69, 9.17) is 16.3 Å². The molecule has 0 saturated carbocycles. The zero-order valence-electron chi connectivity index (χ0n) is 9.07. The smallest absolute Gasteiger partial charge is 0.146 e. The summed E-state index contributed by atoms with van der Waals surface area (Å²) < 4.78 is 8.71. The molecule has 0 N–H and O–H groups in total. The van der Waals surface area contributed by atoms with Gasteiger partial charge in [-0.2, -0.15) is 0 Å². The highest BCUT2D eigenvalue weighted by atomic mass is 127. The van der Waals surface area contributed by atoms with Crippen molar-refractivity contribution in [2.45, 2.75) is 18.9 Å². The zero-order valence-corrected chi connectivity index (χ0v) is 12.0. The molecule has 6 heteroatoms. The number of ether oxygens (including phenoxy) is 1. The minimum Gasteiger partial charge on any atom is -0.381 e. The average molecular weight is 364 g/mol. The second kappa shape index (κ2) is 4.70. The Morgan fingerprint density at radius 2 is 2.12 bits per heavy atom. The fraction of sp³-hybridized carbons (Fsp3) is 0.455. The Morgan fingerprint density at radius 3 is 2.88 bits per heavy atom. The van der Waals surface area contributed by atoms with Crippen molar-refractivity contribution in [2.75, 3.05) is 13.2 Å². The lowest BCUT2D eigenvalue weighted by Crippen LogP contribution is -2.19. The van der Waals surface area contributed by atoms with Crippen molar-refractivity contribution in [3.8, 4) is 0 Å². The molecule has 0 unspecified atom stereocenters. The maximum Gasteiger partial charge on any atom is 0.146 e. The van der Waals surface area contributed by atoms with Gasteiger partial charge in [0.05, 0.1) is 5.39 Å². The molecule has 2 aromatic rings. The lowest BCUT2D eigenvalue weighted by molar-refractivity contribution is 0.0705. The van der Waals surface area contributed by atoms with Gasteiger partial charge in [0.15, 0.2) is 0 Å². The maximum absolute atomic E-state index is 6.12. The number of hydrogen-bond donors (Lipinski definition) is 0. The lowest BCUT2D eigenvalue weighted by atomic mass is 10.1. The van der Waals surface area contributed by atoms with Crippen LogP contribution >= 0.6 is 34.2 Å². The Balaban J connectivity index is 2.13. The Labute approximate surface area is 117 Å². The first-order valence-corrected chi connectivity index (χ1v) is 6.97. The predicted molar refractivity (Wildman–Crippen MR) is 74.3 cm³/mol. The Kier molecular flexibility index (Phi) is 3.23. The Morgan fingerprint density at radius 1 is 1.35 bits per heavy atom. The molecule has 2 aromatic heterocycles. The van der Waals surface area contributed by atoms with Gasteiger partial charge in [0, 0.05) is 29.0 Å². The van der Waals surface area contributed by atoms with Crippen LogP contribution in [0.1, 0.15) is 18.9 Å². The van der Waals surface area contributed by atoms with Gasteiger partial charge >= 0.3 is 0 Å². The van der Waals surface area contributed by atoms with Crippen molar-refractivity contribution in [3.05, 3.63) is 21.2 Å². The summed E-state index contributed by atoms with van der Waals surface area (Å²) in [6.07, 6.45) is 5.70. The highest BCUT2D eigenvalue weighted by Gasteiger charge is 2.20. The molecule has 0 aliphatic carbocycles. The van der Waals surface area contributed by atoms with E-state index in [0.717, 1.165) is 40.7 Å². The topological polar surface area (TPSA) is 39.9 Å². The van der Waals surface area contributed by atoms with Gasteiger partial charge in [0.2, 0.25) is 0 Å². The van der Waals surface area contributed by atoms with E-state index in [1.165, 1.54) is 6.33 Å². The first-order valence-electron chi connectivity index (χ1n) is 5.51. The molecule has 1 aliphatic heterocycles. The normalized spacial score (nSPS) is 17.8. The standard InChI is InChI=1S/C11H11ClIN3O/c12-10-9-8(13)5-16(11(9)15-6-14-10)7-1-3-17-4-2-7/h5-7H,1-4H2. The third-order valence-corrected chi connectivity index (χ3v) is 4.21. The summed E-state index contributed by atoms with van der Waals surface area (Å²) in [5.74, 6) is 0. The van der Waals surface area contributed by atoms with Crippen LogP contribution in [0.2, 0.25) is 5.15 Å². The van der Waals surface area contributed by atoms with Crippen LogP contribution in [0, 0.1) is 3.57 Å². The van der Waals surface area contributed by atoms with Crippen LogP contribution in [-0.2, 0) is 4.74 Å². The molecular formula is C11H11ClIN3O. The van der Waals surface area contributed by atoms with Crippen molar-refractivity contribution in [1.29, 1.82) is 0 Å². The third-order valence-electron chi connectivity index (χ3n) is 3.10. The van der Waals surface area contributed by atoms with Crippen molar-refractivity contribution in [3.63, 3.8) is 0 Å². The molecule has 0 atom stereocenters. The highest BCUT2D eigenvalue weighted by Crippen LogP contribution is 2.31. The van der Waals surface area contributed by atoms with Gasteiger partial charge in [-0.25, -0.2) is 9.97 Å². The first-order chi connectivity index (χ1) is 8.27. The average Bonchev–Trinajstić information content (AvgIpc) is 2.69. The molecule has 17 heavy (non-hydrogen) atoms. The van der Waals surface area contributed by atoms with E-state index < -0.39 is 0 Å². The predicted octanol–water partition coefficient (Wildman–Crippen LogP) is 3.04. The SMILES string of the molecule is Clc1ncnc2c1c(I)cn2C1CCOCC1. The lowest BCUT2D eigenvalue weighted by Gasteiger charge is -2.23. The second-order valence-electron chi connectivity index (χ2n) is 4.09. The molecule has 0 radical (unpaired) electrons. The van der Waals surface area contributed by atoms with Gasteiger partial charge in [-0.3, -0.25) is 0 Å². The summed E-state index contributed by atoms with van der Waals surface area (Å²) in [7, 11) is 0. The minimum absolute atomic E-state index is 0.459. The van der Waals surface area contributed by atoms with E-state index >= 15 is 0 Å². The molecule has 0 amide bonds. The molecule has 90 valence electrons. The van der Waals surface area contributed by atoms with Crippen molar-refractivity contribution < 1.29 is 4.74 Å². The third kappa shape index (κ3) is 2.04. The van der Waals surface area contributed by atoms with Crippen LogP contribution < -0.4 is 0 Å². The van der Waals surface area contributed by atoms with Gasteiger partial charge in [0.1, 0.15) is 17.1 Å². The molecule has 3 heterocycles. The number of hydrogen-bond acceptors (Lipinski definition) is 3. The van der Waals surface area contributed by atoms with Gasteiger partial charge in [-0.05, 0) is 35.4 Å². The molecule has 1 aliphatic rings. The van der Waals surface area contributed by atoms with E-state index in [-0.39, 0.29) is 0 Å². The molecule has 0 aromatic carbocycles. The van der Waals surface area contributed by atoms with E-state index in [9.17, 15) is 0 Å². The van der Waals surface area contributed by atoms with E-state index in [1.807, 2.05) is 0 Å². The van der Waals surface area contributed by atoms with Gasteiger partial charge in [-0.15, -0.1) is 0 Å². The number of halogens is 2. The number of rotatable bonds is 1. The summed E-state index contributed by atoms with van der Waals surface area (Å²) in [5.41, 5.74) is 0.932. The van der Waals surface area contributed by atoms with Crippen LogP contribution in [0.25, 0.3) is 11.0 Å². The zero-order chi connectivity index (χ0) is 11.8. The Hall–Kier alpha value is -0.400. The van der Waals surface area contributed by atoms with Gasteiger partial charge in [0.25, 0.3) is 0 Å². The van der Waals surface area contributed by atoms with E-state index in [0.29, 0.717) is 11.2 Å². The van der Waals surface area contributed by atoms with Crippen LogP contribution in [-0.4, -0.2) is 27.7 Å². The minimum atomic E-state index is 0.459. The van der Waals surface area contributed by atoms with Crippen molar-refractivity contribution >= 4 is 45.2 Å². The molecule has 0 spiro atoms. The van der Waals surface area contributed by atoms with E-state index in [1.54, 1.807) is 0 Å². The second-order valence-corrected chi connectivity index (χ2v) is 5.61. The van der Waals surface area contributed by atoms with Crippen molar-refractivity contribution in [2.24, 2.45) is 0 Å². The fourth-order valence-electron chi connectivity index (χ4n) is 2.25. The van der Waals surface area contributed by atoms with Crippen LogP contribution in [0.4, 0.5) is 0 Å². The molecule has 0 bridgehead atoms. The maximum atomic E-state index is 6.12. The highest BCUT2D eigenvalue weighted by molar-refractivity contribution is 14.1. The van der Waals surface area contributed by atoms with Crippen LogP contribution in [0.3, 0.4) is 0 Å². The van der Waals surface area contributed by atoms with Crippen LogP contribution in [0.5, 0.6) is 0 Å². The first kappa shape index (κ1) is 11.7. The summed E-state index contributed by atoms with van der Waals surface area (Å²) in [5, 5.41) is 1.49. The number of nitrogens with zero attached hydrogens (tertiary/aromatic N) is 3. The fourth-order valence-corrected chi connectivity index (χ4v) is 3.43. The molecule has 4 nitrogen and oxygen atoms in total. The number of fused-ring (bicyclic) bond motifs is 1. The largest absolute Gasteiger partial charge is 0.381 e. The quantitative estimate of drug-likeness (QED) is 0.577. The number of aromatic nitrogens is 3. The molecule has 1 fully saturated rings. The summed E-state index contributed by atoms with van der Waals surface area (Å²) in [6.45, 7) is 1.64. The summed E-state index contributed by atoms with van der Waals surface area (Å²) >= 11 is 8.40. The molecule has 1 saturated heterocycles. The molecule has 3 rings (SSSR count). The summed E-state index contributed by atoms with van der Waals surface area (Å²) in [4.78, 5) is 8.40. The van der Waals surface area contributed by atoms with Gasteiger partial charge in [-0.1, -0.05) is 11.6 Å². The van der Waals surface area contributed by atoms with Crippen molar-refractivity contribution in [1.82, 2.24) is 14.5 Å². The monoisotopic (exact) mass is 363 g/mol. The van der Waals surface area contributed by atoms with Crippen LogP contribution in [0.15, 0.2) is 12.5 Å². The molecular weight excluding hydrogens is 352 g/mol. The Bertz CT molecular complexity index is 551. The summed E-state index contributed by atoms with van der Waals surface area (Å²) in [6, 6.07) is 0.459. The van der Waals surface area contributed by atoms with E-state index in [2.05, 4.69) is 43.3 Å².